The van der Waals surface area contributed by atoms with Crippen LogP contribution in [-0.4, -0.2) is 0 Å². The monoisotopic (exact) mass is 240 g/mol. The van der Waals surface area contributed by atoms with Crippen LogP contribution in [0.2, 0.25) is 0 Å². The molecule has 0 N–H and O–H groups in total. The molecule has 0 bridgehead atoms. The average Bonchev–Trinajstić information content (AvgIpc) is 2.01. The van der Waals surface area contributed by atoms with Crippen LogP contribution in [0.1, 0.15) is 38.8 Å². The molecular formula is C12H17Br. The predicted octanol–water partition coefficient (Wildman–Crippen LogP) is 4.31. The molecule has 0 aliphatic rings. The van der Waals surface area contributed by atoms with Gasteiger partial charge in [-0.05, 0) is 29.0 Å². The van der Waals surface area contributed by atoms with Crippen molar-refractivity contribution in [2.24, 2.45) is 0 Å². The van der Waals surface area contributed by atoms with Gasteiger partial charge in [-0.3, -0.25) is 0 Å². The van der Waals surface area contributed by atoms with Crippen LogP contribution in [-0.2, 0) is 11.8 Å². The van der Waals surface area contributed by atoms with Gasteiger partial charge in [0, 0.05) is 4.47 Å². The largest absolute Gasteiger partial charge is 0.0613 e. The van der Waals surface area contributed by atoms with Gasteiger partial charge in [0.2, 0.25) is 0 Å². The highest BCUT2D eigenvalue weighted by Gasteiger charge is 2.19. The Balaban J connectivity index is 3.32. The quantitative estimate of drug-likeness (QED) is 0.687. The first kappa shape index (κ1) is 10.8. The van der Waals surface area contributed by atoms with Crippen LogP contribution in [0.3, 0.4) is 0 Å². The van der Waals surface area contributed by atoms with E-state index >= 15 is 0 Å². The smallest absolute Gasteiger partial charge is 0.0215 e. The van der Waals surface area contributed by atoms with E-state index in [2.05, 4.69) is 61.8 Å². The molecule has 0 aliphatic carbocycles. The van der Waals surface area contributed by atoms with Crippen LogP contribution in [0.5, 0.6) is 0 Å². The standard InChI is InChI=1S/C12H17Br/c1-5-9-7-6-8-10(13)11(9)12(2,3)4/h6-8H,5H2,1-4H3. The fourth-order valence-electron chi connectivity index (χ4n) is 1.70. The van der Waals surface area contributed by atoms with E-state index in [9.17, 15) is 0 Å². The second-order valence-corrected chi connectivity index (χ2v) is 5.23. The van der Waals surface area contributed by atoms with E-state index in [1.807, 2.05) is 0 Å². The van der Waals surface area contributed by atoms with Gasteiger partial charge in [0.25, 0.3) is 0 Å². The van der Waals surface area contributed by atoms with E-state index in [4.69, 9.17) is 0 Å². The van der Waals surface area contributed by atoms with Gasteiger partial charge in [0.15, 0.2) is 0 Å². The summed E-state index contributed by atoms with van der Waals surface area (Å²) in [6.07, 6.45) is 1.10. The molecule has 0 aliphatic heterocycles. The van der Waals surface area contributed by atoms with E-state index in [1.165, 1.54) is 15.6 Å². The molecule has 0 amide bonds. The second kappa shape index (κ2) is 3.83. The third-order valence-electron chi connectivity index (χ3n) is 2.23. The van der Waals surface area contributed by atoms with Crippen molar-refractivity contribution in [3.05, 3.63) is 33.8 Å². The third-order valence-corrected chi connectivity index (χ3v) is 2.89. The predicted molar refractivity (Wildman–Crippen MR) is 62.2 cm³/mol. The highest BCUT2D eigenvalue weighted by atomic mass is 79.9. The van der Waals surface area contributed by atoms with Gasteiger partial charge >= 0.3 is 0 Å². The molecule has 0 fully saturated rings. The number of hydrogen-bond donors (Lipinski definition) is 0. The number of aryl methyl sites for hydroxylation is 1. The van der Waals surface area contributed by atoms with Gasteiger partial charge in [0.1, 0.15) is 0 Å². The van der Waals surface area contributed by atoms with E-state index in [-0.39, 0.29) is 5.41 Å². The highest BCUT2D eigenvalue weighted by Crippen LogP contribution is 2.32. The molecule has 1 aromatic carbocycles. The summed E-state index contributed by atoms with van der Waals surface area (Å²) in [6.45, 7) is 8.97. The maximum Gasteiger partial charge on any atom is 0.0215 e. The minimum Gasteiger partial charge on any atom is -0.0613 e. The van der Waals surface area contributed by atoms with E-state index < -0.39 is 0 Å². The van der Waals surface area contributed by atoms with Crippen molar-refractivity contribution >= 4 is 15.9 Å². The van der Waals surface area contributed by atoms with Crippen LogP contribution < -0.4 is 0 Å². The second-order valence-electron chi connectivity index (χ2n) is 4.38. The number of rotatable bonds is 1. The summed E-state index contributed by atoms with van der Waals surface area (Å²) in [5.41, 5.74) is 3.12. The van der Waals surface area contributed by atoms with Gasteiger partial charge in [0.05, 0.1) is 0 Å². The Bertz CT molecular complexity index is 294. The zero-order valence-electron chi connectivity index (χ0n) is 8.82. The number of benzene rings is 1. The van der Waals surface area contributed by atoms with Crippen LogP contribution in [0.4, 0.5) is 0 Å². The molecule has 1 rings (SSSR count). The van der Waals surface area contributed by atoms with Crippen LogP contribution in [0.15, 0.2) is 22.7 Å². The van der Waals surface area contributed by atoms with Crippen molar-refractivity contribution in [3.63, 3.8) is 0 Å². The average molecular weight is 241 g/mol. The summed E-state index contributed by atoms with van der Waals surface area (Å²) in [4.78, 5) is 0. The fraction of sp³-hybridized carbons (Fsp3) is 0.500. The summed E-state index contributed by atoms with van der Waals surface area (Å²) in [7, 11) is 0. The lowest BCUT2D eigenvalue weighted by atomic mass is 9.83. The Morgan fingerprint density at radius 3 is 2.23 bits per heavy atom. The summed E-state index contributed by atoms with van der Waals surface area (Å²) >= 11 is 3.62. The molecule has 13 heavy (non-hydrogen) atoms. The van der Waals surface area contributed by atoms with Crippen LogP contribution in [0, 0.1) is 0 Å². The van der Waals surface area contributed by atoms with Crippen molar-refractivity contribution in [3.8, 4) is 0 Å². The lowest BCUT2D eigenvalue weighted by Crippen LogP contribution is -2.14. The molecule has 0 heterocycles. The maximum atomic E-state index is 3.62. The van der Waals surface area contributed by atoms with Crippen molar-refractivity contribution < 1.29 is 0 Å². The summed E-state index contributed by atoms with van der Waals surface area (Å²) in [5.74, 6) is 0. The van der Waals surface area contributed by atoms with Crippen LogP contribution >= 0.6 is 15.9 Å². The van der Waals surface area contributed by atoms with Crippen molar-refractivity contribution in [1.82, 2.24) is 0 Å². The Morgan fingerprint density at radius 1 is 1.23 bits per heavy atom. The third kappa shape index (κ3) is 2.34. The Hall–Kier alpha value is -0.300. The molecule has 1 aromatic rings. The fourth-order valence-corrected chi connectivity index (χ4v) is 2.71. The van der Waals surface area contributed by atoms with Gasteiger partial charge < -0.3 is 0 Å². The summed E-state index contributed by atoms with van der Waals surface area (Å²) in [5, 5.41) is 0. The number of hydrogen-bond acceptors (Lipinski definition) is 0. The van der Waals surface area contributed by atoms with E-state index in [1.54, 1.807) is 0 Å². The Kier molecular flexibility index (Phi) is 3.18. The molecule has 0 atom stereocenters. The van der Waals surface area contributed by atoms with Crippen molar-refractivity contribution in [1.29, 1.82) is 0 Å². The first-order valence-corrected chi connectivity index (χ1v) is 5.54. The highest BCUT2D eigenvalue weighted by molar-refractivity contribution is 9.10. The van der Waals surface area contributed by atoms with Crippen molar-refractivity contribution in [2.75, 3.05) is 0 Å². The SMILES string of the molecule is CCc1cccc(Br)c1C(C)(C)C. The molecular weight excluding hydrogens is 224 g/mol. The molecule has 0 radical (unpaired) electrons. The molecule has 0 saturated carbocycles. The van der Waals surface area contributed by atoms with Gasteiger partial charge in [-0.15, -0.1) is 0 Å². The zero-order valence-corrected chi connectivity index (χ0v) is 10.4. The zero-order chi connectivity index (χ0) is 10.1. The Morgan fingerprint density at radius 2 is 1.85 bits per heavy atom. The van der Waals surface area contributed by atoms with Gasteiger partial charge in [-0.1, -0.05) is 55.8 Å². The molecule has 0 nitrogen and oxygen atoms in total. The first-order chi connectivity index (χ1) is 5.96. The van der Waals surface area contributed by atoms with Gasteiger partial charge in [-0.2, -0.15) is 0 Å². The molecule has 72 valence electrons. The molecule has 0 aromatic heterocycles. The van der Waals surface area contributed by atoms with E-state index in [0.29, 0.717) is 0 Å². The molecule has 0 spiro atoms. The topological polar surface area (TPSA) is 0 Å². The summed E-state index contributed by atoms with van der Waals surface area (Å²) in [6, 6.07) is 6.45. The van der Waals surface area contributed by atoms with Crippen LogP contribution in [0.25, 0.3) is 0 Å². The molecule has 0 unspecified atom stereocenters. The number of halogens is 1. The summed E-state index contributed by atoms with van der Waals surface area (Å²) < 4.78 is 1.24. The maximum absolute atomic E-state index is 3.62. The lowest BCUT2D eigenvalue weighted by molar-refractivity contribution is 0.580. The molecule has 1 heteroatoms. The molecule has 0 saturated heterocycles. The minimum absolute atomic E-state index is 0.228. The minimum atomic E-state index is 0.228. The van der Waals surface area contributed by atoms with Gasteiger partial charge in [-0.25, -0.2) is 0 Å². The normalized spacial score (nSPS) is 11.8. The lowest BCUT2D eigenvalue weighted by Gasteiger charge is -2.24. The van der Waals surface area contributed by atoms with E-state index in [0.717, 1.165) is 6.42 Å². The Labute approximate surface area is 89.5 Å². The van der Waals surface area contributed by atoms with Crippen molar-refractivity contribution in [2.45, 2.75) is 39.5 Å². The first-order valence-electron chi connectivity index (χ1n) is 4.74.